The fourth-order valence-corrected chi connectivity index (χ4v) is 1.18. The quantitative estimate of drug-likeness (QED) is 0.332. The van der Waals surface area contributed by atoms with E-state index in [4.69, 9.17) is 11.1 Å². The zero-order valence-electron chi connectivity index (χ0n) is 10.8. The van der Waals surface area contributed by atoms with Crippen molar-refractivity contribution in [3.8, 4) is 0 Å². The minimum atomic E-state index is -0.450. The van der Waals surface area contributed by atoms with Crippen LogP contribution in [0.25, 0.3) is 0 Å². The van der Waals surface area contributed by atoms with Gasteiger partial charge in [0.05, 0.1) is 6.21 Å². The third-order valence-corrected chi connectivity index (χ3v) is 2.00. The first-order valence-electron chi connectivity index (χ1n) is 5.82. The summed E-state index contributed by atoms with van der Waals surface area (Å²) in [4.78, 5) is 15.0. The summed E-state index contributed by atoms with van der Waals surface area (Å²) in [5.41, 5.74) is 8.92. The van der Waals surface area contributed by atoms with E-state index in [1.165, 1.54) is 12.3 Å². The first-order valence-corrected chi connectivity index (χ1v) is 5.82. The zero-order chi connectivity index (χ0) is 14.6. The van der Waals surface area contributed by atoms with Crippen LogP contribution in [0.4, 0.5) is 5.69 Å². The first-order chi connectivity index (χ1) is 9.72. The number of nitrogens with two attached hydrogens (primary N) is 1. The molecule has 104 valence electrons. The fraction of sp³-hybridized carbons (Fsp3) is 0.0769. The van der Waals surface area contributed by atoms with E-state index in [1.807, 2.05) is 30.3 Å². The Labute approximate surface area is 116 Å². The van der Waals surface area contributed by atoms with E-state index in [-0.39, 0.29) is 12.4 Å². The maximum Gasteiger partial charge on any atom is 0.268 e. The predicted molar refractivity (Wildman–Crippen MR) is 81.1 cm³/mol. The maximum atomic E-state index is 11.3. The summed E-state index contributed by atoms with van der Waals surface area (Å²) >= 11 is 0. The summed E-state index contributed by atoms with van der Waals surface area (Å²) in [6.07, 6.45) is 5.30. The van der Waals surface area contributed by atoms with Gasteiger partial charge in [-0.3, -0.25) is 4.79 Å². The number of para-hydroxylation sites is 1. The van der Waals surface area contributed by atoms with Crippen LogP contribution in [0.2, 0.25) is 0 Å². The van der Waals surface area contributed by atoms with Crippen LogP contribution in [-0.2, 0) is 4.79 Å². The Kier molecular flexibility index (Phi) is 6.82. The van der Waals surface area contributed by atoms with Crippen molar-refractivity contribution in [2.24, 2.45) is 15.8 Å². The number of hydrogen-bond donors (Lipinski definition) is 4. The molecule has 0 aliphatic carbocycles. The monoisotopic (exact) mass is 272 g/mol. The Balaban J connectivity index is 2.38. The van der Waals surface area contributed by atoms with Gasteiger partial charge in [-0.25, -0.2) is 0 Å². The molecule has 1 amide bonds. The molecule has 0 aliphatic heterocycles. The maximum absolute atomic E-state index is 11.3. The first kappa shape index (κ1) is 15.1. The van der Waals surface area contributed by atoms with Gasteiger partial charge in [0, 0.05) is 18.1 Å². The molecular weight excluding hydrogens is 256 g/mol. The minimum absolute atomic E-state index is 0.0784. The van der Waals surface area contributed by atoms with Gasteiger partial charge in [-0.05, 0) is 18.2 Å². The molecule has 0 saturated carbocycles. The lowest BCUT2D eigenvalue weighted by molar-refractivity contribution is -0.116. The largest absolute Gasteiger partial charge is 0.384 e. The molecule has 5 N–H and O–H groups in total. The fourth-order valence-electron chi connectivity index (χ4n) is 1.18. The molecule has 7 nitrogen and oxygen atoms in total. The van der Waals surface area contributed by atoms with Crippen molar-refractivity contribution in [1.82, 2.24) is 5.43 Å². The van der Waals surface area contributed by atoms with E-state index >= 15 is 0 Å². The summed E-state index contributed by atoms with van der Waals surface area (Å²) in [7, 11) is 0. The van der Waals surface area contributed by atoms with Crippen LogP contribution in [0.15, 0.2) is 52.7 Å². The second kappa shape index (κ2) is 9.03. The van der Waals surface area contributed by atoms with Crippen molar-refractivity contribution in [3.05, 3.63) is 42.6 Å². The third-order valence-electron chi connectivity index (χ3n) is 2.00. The average Bonchev–Trinajstić information content (AvgIpc) is 2.45. The number of benzene rings is 1. The van der Waals surface area contributed by atoms with Gasteiger partial charge in [0.2, 0.25) is 0 Å². The highest BCUT2D eigenvalue weighted by Gasteiger charge is 1.97. The van der Waals surface area contributed by atoms with E-state index in [9.17, 15) is 4.79 Å². The SMILES string of the molecule is N=C/C=N\NCC(=O)N=C(N)/C=C\Nc1ccccc1. The Morgan fingerprint density at radius 3 is 2.80 bits per heavy atom. The summed E-state index contributed by atoms with van der Waals surface area (Å²) in [5.74, 6) is -0.356. The molecule has 0 saturated heterocycles. The van der Waals surface area contributed by atoms with E-state index in [1.54, 1.807) is 6.20 Å². The molecule has 1 rings (SSSR count). The summed E-state index contributed by atoms with van der Waals surface area (Å²) in [6, 6.07) is 9.51. The van der Waals surface area contributed by atoms with E-state index in [0.717, 1.165) is 11.9 Å². The van der Waals surface area contributed by atoms with Crippen molar-refractivity contribution < 1.29 is 4.79 Å². The predicted octanol–water partition coefficient (Wildman–Crippen LogP) is 0.721. The van der Waals surface area contributed by atoms with Gasteiger partial charge in [-0.1, -0.05) is 18.2 Å². The summed E-state index contributed by atoms with van der Waals surface area (Å²) in [6.45, 7) is -0.0784. The summed E-state index contributed by atoms with van der Waals surface area (Å²) < 4.78 is 0. The lowest BCUT2D eigenvalue weighted by Crippen LogP contribution is -2.20. The number of amides is 1. The molecule has 0 atom stereocenters. The number of amidine groups is 1. The van der Waals surface area contributed by atoms with Crippen LogP contribution in [-0.4, -0.2) is 30.7 Å². The topological polar surface area (TPSA) is 116 Å². The Hall–Kier alpha value is -2.96. The molecule has 20 heavy (non-hydrogen) atoms. The number of carbonyl (C=O) groups is 1. The minimum Gasteiger partial charge on any atom is -0.384 e. The van der Waals surface area contributed by atoms with Crippen LogP contribution in [0, 0.1) is 5.41 Å². The Morgan fingerprint density at radius 2 is 2.10 bits per heavy atom. The van der Waals surface area contributed by atoms with Crippen molar-refractivity contribution in [2.75, 3.05) is 11.9 Å². The second-order valence-corrected chi connectivity index (χ2v) is 3.55. The van der Waals surface area contributed by atoms with Crippen LogP contribution in [0.5, 0.6) is 0 Å². The number of anilines is 1. The second-order valence-electron chi connectivity index (χ2n) is 3.55. The number of nitrogens with zero attached hydrogens (tertiary/aromatic N) is 2. The highest BCUT2D eigenvalue weighted by Crippen LogP contribution is 2.03. The molecular formula is C13H16N6O. The number of nitrogens with one attached hydrogen (secondary N) is 3. The number of hydrazone groups is 1. The van der Waals surface area contributed by atoms with Gasteiger partial charge in [-0.2, -0.15) is 10.1 Å². The molecule has 0 spiro atoms. The van der Waals surface area contributed by atoms with Gasteiger partial charge in [0.1, 0.15) is 12.4 Å². The van der Waals surface area contributed by atoms with Gasteiger partial charge in [-0.15, -0.1) is 0 Å². The van der Waals surface area contributed by atoms with Gasteiger partial charge in [0.15, 0.2) is 0 Å². The zero-order valence-corrected chi connectivity index (χ0v) is 10.8. The molecule has 0 unspecified atom stereocenters. The lowest BCUT2D eigenvalue weighted by atomic mass is 10.3. The van der Waals surface area contributed by atoms with Crippen molar-refractivity contribution in [2.45, 2.75) is 0 Å². The average molecular weight is 272 g/mol. The Bertz CT molecular complexity index is 521. The van der Waals surface area contributed by atoms with Crippen LogP contribution in [0.1, 0.15) is 0 Å². The molecule has 0 fully saturated rings. The molecule has 0 radical (unpaired) electrons. The van der Waals surface area contributed by atoms with Crippen molar-refractivity contribution >= 4 is 29.9 Å². The normalized spacial score (nSPS) is 11.7. The number of carbonyl (C=O) groups excluding carboxylic acids is 1. The summed E-state index contributed by atoms with van der Waals surface area (Å²) in [5, 5.41) is 13.2. The third kappa shape index (κ3) is 6.70. The van der Waals surface area contributed by atoms with Crippen LogP contribution >= 0.6 is 0 Å². The molecule has 1 aromatic rings. The van der Waals surface area contributed by atoms with Gasteiger partial charge < -0.3 is 21.9 Å². The van der Waals surface area contributed by atoms with Crippen LogP contribution < -0.4 is 16.5 Å². The van der Waals surface area contributed by atoms with E-state index < -0.39 is 5.91 Å². The number of rotatable bonds is 7. The molecule has 7 heteroatoms. The van der Waals surface area contributed by atoms with E-state index in [2.05, 4.69) is 20.8 Å². The molecule has 0 aliphatic rings. The Morgan fingerprint density at radius 1 is 1.35 bits per heavy atom. The smallest absolute Gasteiger partial charge is 0.268 e. The van der Waals surface area contributed by atoms with Crippen LogP contribution in [0.3, 0.4) is 0 Å². The molecule has 0 bridgehead atoms. The van der Waals surface area contributed by atoms with Crippen molar-refractivity contribution in [3.63, 3.8) is 0 Å². The highest BCUT2D eigenvalue weighted by molar-refractivity contribution is 6.14. The standard InChI is InChI=1S/C13H16N6O/c14-7-9-17-18-10-13(20)19-12(15)6-8-16-11-4-2-1-3-5-11/h1-9,14,16,18H,10H2,(H2,15,19,20)/b8-6-,14-7?,17-9-. The van der Waals surface area contributed by atoms with Gasteiger partial charge >= 0.3 is 0 Å². The van der Waals surface area contributed by atoms with Crippen molar-refractivity contribution in [1.29, 1.82) is 5.41 Å². The molecule has 1 aromatic carbocycles. The highest BCUT2D eigenvalue weighted by atomic mass is 16.1. The van der Waals surface area contributed by atoms with Gasteiger partial charge in [0.25, 0.3) is 5.91 Å². The molecule has 0 aromatic heterocycles. The number of hydrogen-bond acceptors (Lipinski definition) is 5. The molecule has 0 heterocycles. The number of aliphatic imine (C=N–C) groups is 1. The van der Waals surface area contributed by atoms with E-state index in [0.29, 0.717) is 0 Å². The lowest BCUT2D eigenvalue weighted by Gasteiger charge is -1.99.